The van der Waals surface area contributed by atoms with Crippen LogP contribution >= 0.6 is 0 Å². The van der Waals surface area contributed by atoms with Crippen molar-refractivity contribution in [1.29, 1.82) is 0 Å². The van der Waals surface area contributed by atoms with Gasteiger partial charge in [0.25, 0.3) is 0 Å². The highest BCUT2D eigenvalue weighted by Crippen LogP contribution is 2.40. The molecule has 1 aliphatic rings. The molecule has 0 heterocycles. The summed E-state index contributed by atoms with van der Waals surface area (Å²) < 4.78 is 103. The maximum atomic E-state index is 14.9. The van der Waals surface area contributed by atoms with E-state index in [2.05, 4.69) is 6.58 Å². The lowest BCUT2D eigenvalue weighted by atomic mass is 9.82. The Bertz CT molecular complexity index is 1300. The first-order valence-corrected chi connectivity index (χ1v) is 12.7. The molecule has 8 heteroatoms. The molecule has 0 bridgehead atoms. The number of rotatable bonds is 9. The summed E-state index contributed by atoms with van der Waals surface area (Å²) in [6.07, 6.45) is -1.33. The van der Waals surface area contributed by atoms with Crippen molar-refractivity contribution in [2.75, 3.05) is 0 Å². The second-order valence-electron chi connectivity index (χ2n) is 9.61. The van der Waals surface area contributed by atoms with Gasteiger partial charge in [0.05, 0.1) is 11.7 Å². The smallest absolute Gasteiger partial charge is 0.313 e. The predicted molar refractivity (Wildman–Crippen MR) is 137 cm³/mol. The van der Waals surface area contributed by atoms with Crippen molar-refractivity contribution >= 4 is 5.83 Å². The number of allylic oxidation sites excluding steroid dienone is 2. The molecule has 0 atom stereocenters. The van der Waals surface area contributed by atoms with Crippen LogP contribution in [-0.2, 0) is 10.8 Å². The van der Waals surface area contributed by atoms with Gasteiger partial charge in [-0.05, 0) is 79.0 Å². The third kappa shape index (κ3) is 6.79. The zero-order valence-corrected chi connectivity index (χ0v) is 21.0. The highest BCUT2D eigenvalue weighted by atomic mass is 19.3. The van der Waals surface area contributed by atoms with Gasteiger partial charge < -0.3 is 4.74 Å². The Balaban J connectivity index is 1.37. The molecule has 0 amide bonds. The van der Waals surface area contributed by atoms with Gasteiger partial charge in [-0.3, -0.25) is 0 Å². The zero-order chi connectivity index (χ0) is 28.2. The average Bonchev–Trinajstić information content (AvgIpc) is 2.94. The Hall–Kier alpha value is -3.39. The van der Waals surface area contributed by atoms with Gasteiger partial charge in [-0.1, -0.05) is 42.5 Å². The zero-order valence-electron chi connectivity index (χ0n) is 21.0. The van der Waals surface area contributed by atoms with Gasteiger partial charge in [-0.2, -0.15) is 8.78 Å². The van der Waals surface area contributed by atoms with Crippen molar-refractivity contribution in [1.82, 2.24) is 0 Å². The van der Waals surface area contributed by atoms with Crippen molar-refractivity contribution in [2.24, 2.45) is 0 Å². The van der Waals surface area contributed by atoms with Crippen LogP contribution in [-0.4, -0.2) is 6.10 Å². The molecule has 0 saturated heterocycles. The van der Waals surface area contributed by atoms with E-state index in [1.54, 1.807) is 12.1 Å². The first-order valence-electron chi connectivity index (χ1n) is 12.7. The van der Waals surface area contributed by atoms with Crippen molar-refractivity contribution < 1.29 is 35.5 Å². The standard InChI is InChI=1S/C31H27F7O/c1-2-3-4-26(32)29(35)22-7-5-19(6-8-22)20-9-13-24(14-10-20)31(37,38)39-25-15-11-21(12-16-25)23-17-27(33)30(36)28(34)18-23/h2,5-10,13-14,17-18,21,25H,1,3-4,11-12,15-16H2/b29-26+. The Kier molecular flexibility index (Phi) is 8.95. The second-order valence-corrected chi connectivity index (χ2v) is 9.61. The number of benzene rings is 3. The van der Waals surface area contributed by atoms with Crippen molar-refractivity contribution in [2.45, 2.75) is 56.7 Å². The van der Waals surface area contributed by atoms with E-state index in [1.165, 1.54) is 42.5 Å². The highest BCUT2D eigenvalue weighted by Gasteiger charge is 2.37. The fourth-order valence-electron chi connectivity index (χ4n) is 4.76. The van der Waals surface area contributed by atoms with Gasteiger partial charge in [-0.25, -0.2) is 22.0 Å². The van der Waals surface area contributed by atoms with Crippen LogP contribution in [0.5, 0.6) is 0 Å². The van der Waals surface area contributed by atoms with Gasteiger partial charge in [0.15, 0.2) is 23.3 Å². The summed E-state index contributed by atoms with van der Waals surface area (Å²) in [5, 5.41) is 0. The molecule has 0 aromatic heterocycles. The topological polar surface area (TPSA) is 9.23 Å². The summed E-state index contributed by atoms with van der Waals surface area (Å²) in [6, 6.07) is 13.4. The summed E-state index contributed by atoms with van der Waals surface area (Å²) in [4.78, 5) is 0. The van der Waals surface area contributed by atoms with Crippen LogP contribution in [0.15, 0.2) is 79.1 Å². The Labute approximate surface area is 222 Å². The molecule has 39 heavy (non-hydrogen) atoms. The minimum absolute atomic E-state index is 0.0789. The minimum atomic E-state index is -3.56. The maximum Gasteiger partial charge on any atom is 0.383 e. The first-order chi connectivity index (χ1) is 18.6. The van der Waals surface area contributed by atoms with Gasteiger partial charge in [0, 0.05) is 12.0 Å². The van der Waals surface area contributed by atoms with Gasteiger partial charge in [0.2, 0.25) is 0 Å². The first kappa shape index (κ1) is 28.6. The molecular formula is C31H27F7O. The molecule has 1 fully saturated rings. The van der Waals surface area contributed by atoms with Gasteiger partial charge >= 0.3 is 6.11 Å². The number of halogens is 7. The molecule has 4 rings (SSSR count). The van der Waals surface area contributed by atoms with Gasteiger partial charge in [-0.15, -0.1) is 6.58 Å². The quantitative estimate of drug-likeness (QED) is 0.147. The van der Waals surface area contributed by atoms with Crippen LogP contribution < -0.4 is 0 Å². The van der Waals surface area contributed by atoms with E-state index in [9.17, 15) is 30.7 Å². The fraction of sp³-hybridized carbons (Fsp3) is 0.290. The van der Waals surface area contributed by atoms with E-state index < -0.39 is 41.3 Å². The Morgan fingerprint density at radius 1 is 0.846 bits per heavy atom. The molecule has 1 nitrogen and oxygen atoms in total. The number of hydrogen-bond acceptors (Lipinski definition) is 1. The molecule has 3 aromatic rings. The summed E-state index contributed by atoms with van der Waals surface area (Å²) in [6.45, 7) is 3.48. The van der Waals surface area contributed by atoms with Crippen LogP contribution in [0.2, 0.25) is 0 Å². The summed E-state index contributed by atoms with van der Waals surface area (Å²) >= 11 is 0. The monoisotopic (exact) mass is 548 g/mol. The van der Waals surface area contributed by atoms with Crippen LogP contribution in [0.4, 0.5) is 30.7 Å². The van der Waals surface area contributed by atoms with Crippen LogP contribution in [0, 0.1) is 17.5 Å². The lowest BCUT2D eigenvalue weighted by Crippen LogP contribution is -2.29. The fourth-order valence-corrected chi connectivity index (χ4v) is 4.76. The molecule has 0 aliphatic heterocycles. The lowest BCUT2D eigenvalue weighted by Gasteiger charge is -2.31. The van der Waals surface area contributed by atoms with Gasteiger partial charge in [0.1, 0.15) is 5.83 Å². The van der Waals surface area contributed by atoms with Crippen molar-refractivity contribution in [3.63, 3.8) is 0 Å². The molecule has 0 N–H and O–H groups in total. The Morgan fingerprint density at radius 2 is 1.38 bits per heavy atom. The molecule has 0 radical (unpaired) electrons. The van der Waals surface area contributed by atoms with Crippen LogP contribution in [0.3, 0.4) is 0 Å². The third-order valence-corrected chi connectivity index (χ3v) is 6.97. The van der Waals surface area contributed by atoms with E-state index in [0.717, 1.165) is 12.1 Å². The molecule has 206 valence electrons. The number of ether oxygens (including phenoxy) is 1. The molecule has 1 aliphatic carbocycles. The minimum Gasteiger partial charge on any atom is -0.313 e. The largest absolute Gasteiger partial charge is 0.383 e. The lowest BCUT2D eigenvalue weighted by molar-refractivity contribution is -0.277. The summed E-state index contributed by atoms with van der Waals surface area (Å²) in [7, 11) is 0. The summed E-state index contributed by atoms with van der Waals surface area (Å²) in [5.41, 5.74) is 1.29. The molecule has 0 spiro atoms. The SMILES string of the molecule is C=CCC/C(F)=C(\F)c1ccc(-c2ccc(C(F)(F)OC3CCC(c4cc(F)c(F)c(F)c4)CC3)cc2)cc1. The third-order valence-electron chi connectivity index (χ3n) is 6.97. The number of hydrogen-bond donors (Lipinski definition) is 0. The van der Waals surface area contributed by atoms with Crippen molar-refractivity contribution in [3.05, 3.63) is 113 Å². The van der Waals surface area contributed by atoms with E-state index in [-0.39, 0.29) is 36.3 Å². The Morgan fingerprint density at radius 3 is 1.92 bits per heavy atom. The van der Waals surface area contributed by atoms with E-state index >= 15 is 0 Å². The van der Waals surface area contributed by atoms with Crippen molar-refractivity contribution in [3.8, 4) is 11.1 Å². The van der Waals surface area contributed by atoms with E-state index in [1.807, 2.05) is 0 Å². The van der Waals surface area contributed by atoms with E-state index in [4.69, 9.17) is 4.74 Å². The summed E-state index contributed by atoms with van der Waals surface area (Å²) in [5.74, 6) is -6.16. The molecule has 3 aromatic carbocycles. The van der Waals surface area contributed by atoms with Crippen LogP contribution in [0.1, 0.15) is 61.1 Å². The number of alkyl halides is 2. The predicted octanol–water partition coefficient (Wildman–Crippen LogP) is 10.1. The van der Waals surface area contributed by atoms with Crippen LogP contribution in [0.25, 0.3) is 17.0 Å². The molecular weight excluding hydrogens is 521 g/mol. The normalized spacial score (nSPS) is 18.5. The average molecular weight is 549 g/mol. The molecule has 0 unspecified atom stereocenters. The molecule has 1 saturated carbocycles. The second kappa shape index (κ2) is 12.2. The maximum absolute atomic E-state index is 14.9. The highest BCUT2D eigenvalue weighted by molar-refractivity contribution is 5.68. The van der Waals surface area contributed by atoms with E-state index in [0.29, 0.717) is 36.0 Å².